The highest BCUT2D eigenvalue weighted by atomic mass is 19.1. The standard InChI is InChI=1S/C23H28FNO3/c24-20-11-9-18(10-12-20)15-22(23(27)19-7-3-1-4-8-19)28-17-21(26)16-25-13-5-2-6-14-25/h1,3-4,7-12,21-22,26H,2,5-6,13-17H2. The molecule has 1 aliphatic heterocycles. The highest BCUT2D eigenvalue weighted by Gasteiger charge is 2.23. The molecule has 0 bridgehead atoms. The molecule has 0 aliphatic carbocycles. The first-order chi connectivity index (χ1) is 13.6. The van der Waals surface area contributed by atoms with Gasteiger partial charge >= 0.3 is 0 Å². The summed E-state index contributed by atoms with van der Waals surface area (Å²) in [5, 5.41) is 10.4. The summed E-state index contributed by atoms with van der Waals surface area (Å²) in [6.07, 6.45) is 2.54. The number of ketones is 1. The molecule has 1 saturated heterocycles. The van der Waals surface area contributed by atoms with E-state index in [1.54, 1.807) is 24.3 Å². The van der Waals surface area contributed by atoms with Crippen molar-refractivity contribution in [2.45, 2.75) is 37.9 Å². The Morgan fingerprint density at radius 2 is 1.71 bits per heavy atom. The largest absolute Gasteiger partial charge is 0.389 e. The van der Waals surface area contributed by atoms with E-state index in [-0.39, 0.29) is 18.2 Å². The Morgan fingerprint density at radius 3 is 2.39 bits per heavy atom. The Balaban J connectivity index is 1.63. The van der Waals surface area contributed by atoms with Crippen molar-refractivity contribution in [3.05, 3.63) is 71.5 Å². The molecular weight excluding hydrogens is 357 g/mol. The molecule has 2 unspecified atom stereocenters. The van der Waals surface area contributed by atoms with E-state index in [1.807, 2.05) is 18.2 Å². The summed E-state index contributed by atoms with van der Waals surface area (Å²) in [4.78, 5) is 15.2. The molecule has 5 heteroatoms. The molecule has 1 aliphatic rings. The van der Waals surface area contributed by atoms with Crippen LogP contribution in [0.2, 0.25) is 0 Å². The number of ether oxygens (including phenoxy) is 1. The molecule has 2 atom stereocenters. The summed E-state index contributed by atoms with van der Waals surface area (Å²) in [5.41, 5.74) is 1.39. The van der Waals surface area contributed by atoms with Gasteiger partial charge in [-0.1, -0.05) is 48.9 Å². The molecule has 2 aromatic carbocycles. The normalized spacial score (nSPS) is 17.2. The topological polar surface area (TPSA) is 49.8 Å². The molecule has 150 valence electrons. The number of aliphatic hydroxyl groups excluding tert-OH is 1. The Hall–Kier alpha value is -2.08. The third kappa shape index (κ3) is 6.23. The van der Waals surface area contributed by atoms with Crippen LogP contribution in [-0.4, -0.2) is 54.2 Å². The van der Waals surface area contributed by atoms with E-state index in [1.165, 1.54) is 18.6 Å². The predicted molar refractivity (Wildman–Crippen MR) is 107 cm³/mol. The second kappa shape index (κ2) is 10.5. The smallest absolute Gasteiger partial charge is 0.191 e. The van der Waals surface area contributed by atoms with E-state index in [4.69, 9.17) is 4.74 Å². The van der Waals surface area contributed by atoms with Crippen LogP contribution in [0.4, 0.5) is 4.39 Å². The fraction of sp³-hybridized carbons (Fsp3) is 0.435. The van der Waals surface area contributed by atoms with Crippen LogP contribution >= 0.6 is 0 Å². The Bertz CT molecular complexity index is 729. The lowest BCUT2D eigenvalue weighted by molar-refractivity contribution is -0.0151. The Kier molecular flexibility index (Phi) is 7.71. The summed E-state index contributed by atoms with van der Waals surface area (Å²) >= 11 is 0. The first-order valence-electron chi connectivity index (χ1n) is 9.97. The van der Waals surface area contributed by atoms with Crippen LogP contribution in [0.25, 0.3) is 0 Å². The van der Waals surface area contributed by atoms with Gasteiger partial charge in [0, 0.05) is 18.5 Å². The van der Waals surface area contributed by atoms with Gasteiger partial charge in [-0.05, 0) is 43.6 Å². The third-order valence-electron chi connectivity index (χ3n) is 5.09. The van der Waals surface area contributed by atoms with Crippen molar-refractivity contribution in [3.63, 3.8) is 0 Å². The van der Waals surface area contributed by atoms with Gasteiger partial charge < -0.3 is 14.7 Å². The molecule has 2 aromatic rings. The number of likely N-dealkylation sites (tertiary alicyclic amines) is 1. The van der Waals surface area contributed by atoms with Crippen molar-refractivity contribution in [2.75, 3.05) is 26.2 Å². The molecule has 1 heterocycles. The number of hydrogen-bond acceptors (Lipinski definition) is 4. The van der Waals surface area contributed by atoms with E-state index in [2.05, 4.69) is 4.90 Å². The number of benzene rings is 2. The van der Waals surface area contributed by atoms with E-state index in [9.17, 15) is 14.3 Å². The molecule has 3 rings (SSSR count). The van der Waals surface area contributed by atoms with Crippen molar-refractivity contribution in [3.8, 4) is 0 Å². The lowest BCUT2D eigenvalue weighted by atomic mass is 9.99. The molecule has 0 radical (unpaired) electrons. The third-order valence-corrected chi connectivity index (χ3v) is 5.09. The first kappa shape index (κ1) is 20.6. The van der Waals surface area contributed by atoms with Crippen LogP contribution < -0.4 is 0 Å². The molecule has 0 amide bonds. The maximum Gasteiger partial charge on any atom is 0.191 e. The highest BCUT2D eigenvalue weighted by Crippen LogP contribution is 2.15. The summed E-state index contributed by atoms with van der Waals surface area (Å²) < 4.78 is 19.1. The number of halogens is 1. The van der Waals surface area contributed by atoms with Crippen molar-refractivity contribution >= 4 is 5.78 Å². The van der Waals surface area contributed by atoms with E-state index < -0.39 is 12.2 Å². The molecule has 1 N–H and O–H groups in total. The average molecular weight is 385 g/mol. The van der Waals surface area contributed by atoms with Gasteiger partial charge in [-0.2, -0.15) is 0 Å². The molecule has 4 nitrogen and oxygen atoms in total. The second-order valence-electron chi connectivity index (χ2n) is 7.40. The quantitative estimate of drug-likeness (QED) is 0.672. The van der Waals surface area contributed by atoms with Gasteiger partial charge in [0.1, 0.15) is 11.9 Å². The SMILES string of the molecule is O=C(c1ccccc1)C(Cc1ccc(F)cc1)OCC(O)CN1CCCCC1. The van der Waals surface area contributed by atoms with Gasteiger partial charge in [-0.25, -0.2) is 4.39 Å². The lowest BCUT2D eigenvalue weighted by Gasteiger charge is -2.29. The maximum atomic E-state index is 13.2. The van der Waals surface area contributed by atoms with Crippen LogP contribution in [0.1, 0.15) is 35.2 Å². The van der Waals surface area contributed by atoms with Crippen molar-refractivity contribution < 1.29 is 19.0 Å². The first-order valence-corrected chi connectivity index (χ1v) is 9.97. The molecule has 0 spiro atoms. The zero-order valence-corrected chi connectivity index (χ0v) is 16.1. The van der Waals surface area contributed by atoms with E-state index >= 15 is 0 Å². The van der Waals surface area contributed by atoms with Crippen LogP contribution in [0.15, 0.2) is 54.6 Å². The zero-order chi connectivity index (χ0) is 19.8. The maximum absolute atomic E-state index is 13.2. The minimum absolute atomic E-state index is 0.0981. The predicted octanol–water partition coefficient (Wildman–Crippen LogP) is 3.48. The average Bonchev–Trinajstić information content (AvgIpc) is 2.73. The van der Waals surface area contributed by atoms with Gasteiger partial charge in [0.15, 0.2) is 5.78 Å². The van der Waals surface area contributed by atoms with Crippen molar-refractivity contribution in [1.82, 2.24) is 4.90 Å². The summed E-state index contributed by atoms with van der Waals surface area (Å²) in [7, 11) is 0. The zero-order valence-electron chi connectivity index (χ0n) is 16.1. The summed E-state index contributed by atoms with van der Waals surface area (Å²) in [6.45, 7) is 2.65. The molecule has 0 saturated carbocycles. The number of piperidine rings is 1. The van der Waals surface area contributed by atoms with Crippen LogP contribution in [0.3, 0.4) is 0 Å². The number of aliphatic hydroxyl groups is 1. The molecule has 0 aromatic heterocycles. The highest BCUT2D eigenvalue weighted by molar-refractivity contribution is 5.99. The van der Waals surface area contributed by atoms with Gasteiger partial charge in [0.2, 0.25) is 0 Å². The number of carbonyl (C=O) groups is 1. The summed E-state index contributed by atoms with van der Waals surface area (Å²) in [5.74, 6) is -0.442. The molecule has 1 fully saturated rings. The number of nitrogens with zero attached hydrogens (tertiary/aromatic N) is 1. The monoisotopic (exact) mass is 385 g/mol. The Labute approximate surface area is 165 Å². The lowest BCUT2D eigenvalue weighted by Crippen LogP contribution is -2.39. The fourth-order valence-electron chi connectivity index (χ4n) is 3.57. The van der Waals surface area contributed by atoms with Crippen LogP contribution in [0.5, 0.6) is 0 Å². The van der Waals surface area contributed by atoms with Crippen molar-refractivity contribution in [2.24, 2.45) is 0 Å². The fourth-order valence-corrected chi connectivity index (χ4v) is 3.57. The van der Waals surface area contributed by atoms with E-state index in [0.29, 0.717) is 18.5 Å². The Morgan fingerprint density at radius 1 is 1.04 bits per heavy atom. The van der Waals surface area contributed by atoms with Gasteiger partial charge in [0.05, 0.1) is 12.7 Å². The second-order valence-corrected chi connectivity index (χ2v) is 7.40. The van der Waals surface area contributed by atoms with Crippen LogP contribution in [0, 0.1) is 5.82 Å². The van der Waals surface area contributed by atoms with Gasteiger partial charge in [-0.3, -0.25) is 4.79 Å². The molecule has 28 heavy (non-hydrogen) atoms. The minimum Gasteiger partial charge on any atom is -0.389 e. The molecular formula is C23H28FNO3. The van der Waals surface area contributed by atoms with E-state index in [0.717, 1.165) is 31.5 Å². The number of hydrogen-bond donors (Lipinski definition) is 1. The van der Waals surface area contributed by atoms with Gasteiger partial charge in [-0.15, -0.1) is 0 Å². The number of rotatable bonds is 9. The summed E-state index contributed by atoms with van der Waals surface area (Å²) in [6, 6.07) is 15.1. The number of β-amino-alcohol motifs (C(OH)–C–C–N with tert-alkyl or cyclic N) is 1. The number of Topliss-reactive ketones (excluding diaryl/α,β-unsaturated/α-hetero) is 1. The van der Waals surface area contributed by atoms with Gasteiger partial charge in [0.25, 0.3) is 0 Å². The van der Waals surface area contributed by atoms with Crippen molar-refractivity contribution in [1.29, 1.82) is 0 Å². The minimum atomic E-state index is -0.719. The van der Waals surface area contributed by atoms with Crippen LogP contribution in [-0.2, 0) is 11.2 Å². The number of carbonyl (C=O) groups excluding carboxylic acids is 1.